The molecule has 0 saturated heterocycles. The Morgan fingerprint density at radius 2 is 1.13 bits per heavy atom. The maximum Gasteiger partial charge on any atom is 0.319 e. The Morgan fingerprint density at radius 1 is 0.733 bits per heavy atom. The third kappa shape index (κ3) is 2.56. The molecule has 0 saturated carbocycles. The van der Waals surface area contributed by atoms with Crippen LogP contribution in [0.15, 0.2) is 48.5 Å². The molecule has 6 heteroatoms. The van der Waals surface area contributed by atoms with Gasteiger partial charge in [0.15, 0.2) is 0 Å². The Balaban J connectivity index is 1.87. The molecule has 0 fully saturated rings. The summed E-state index contributed by atoms with van der Waals surface area (Å²) in [4.78, 5) is 33.2. The van der Waals surface area contributed by atoms with Gasteiger partial charge in [-0.15, -0.1) is 0 Å². The molecule has 0 radical (unpaired) electrons. The van der Waals surface area contributed by atoms with E-state index in [1.54, 1.807) is 13.8 Å². The molecule has 1 aliphatic rings. The molecule has 2 atom stereocenters. The van der Waals surface area contributed by atoms with E-state index in [1.807, 2.05) is 48.5 Å². The predicted octanol–water partition coefficient (Wildman–Crippen LogP) is 4.35. The molecular weight excluding hydrogens is 380 g/mol. The number of aromatic nitrogens is 2. The summed E-state index contributed by atoms with van der Waals surface area (Å²) in [5.41, 5.74) is 4.71. The Kier molecular flexibility index (Phi) is 4.35. The van der Waals surface area contributed by atoms with Crippen molar-refractivity contribution in [3.8, 4) is 0 Å². The van der Waals surface area contributed by atoms with E-state index in [-0.39, 0.29) is 25.2 Å². The van der Waals surface area contributed by atoms with Crippen molar-refractivity contribution in [3.63, 3.8) is 0 Å². The number of aromatic amines is 2. The quantitative estimate of drug-likeness (QED) is 0.497. The van der Waals surface area contributed by atoms with Crippen molar-refractivity contribution in [3.05, 3.63) is 71.0 Å². The minimum Gasteiger partial charge on any atom is -0.465 e. The molecule has 2 N–H and O–H groups in total. The number of rotatable bonds is 4. The van der Waals surface area contributed by atoms with E-state index in [1.165, 1.54) is 0 Å². The molecule has 2 aromatic heterocycles. The van der Waals surface area contributed by atoms with Crippen LogP contribution >= 0.6 is 0 Å². The molecule has 6 nitrogen and oxygen atoms in total. The zero-order valence-corrected chi connectivity index (χ0v) is 16.8. The predicted molar refractivity (Wildman–Crippen MR) is 114 cm³/mol. The van der Waals surface area contributed by atoms with Gasteiger partial charge in [-0.25, -0.2) is 0 Å². The Morgan fingerprint density at radius 3 is 1.53 bits per heavy atom. The number of nitrogens with one attached hydrogen (secondary N) is 2. The second kappa shape index (κ2) is 7.06. The number of hydrogen-bond acceptors (Lipinski definition) is 4. The SMILES string of the molecule is CCOC(=O)C1c2[nH]c3ccccc3c2C(C(=O)OCC)c2[nH]c3ccccc3c21. The first-order valence-corrected chi connectivity index (χ1v) is 10.2. The molecular formula is C24H22N2O4. The Hall–Kier alpha value is -3.54. The Bertz CT molecular complexity index is 1180. The smallest absolute Gasteiger partial charge is 0.319 e. The van der Waals surface area contributed by atoms with Gasteiger partial charge in [-0.3, -0.25) is 9.59 Å². The molecule has 2 heterocycles. The number of carbonyl (C=O) groups is 2. The van der Waals surface area contributed by atoms with Crippen molar-refractivity contribution < 1.29 is 19.1 Å². The van der Waals surface area contributed by atoms with E-state index in [0.717, 1.165) is 32.9 Å². The van der Waals surface area contributed by atoms with Gasteiger partial charge in [0.05, 0.1) is 13.2 Å². The van der Waals surface area contributed by atoms with E-state index >= 15 is 0 Å². The summed E-state index contributed by atoms with van der Waals surface area (Å²) < 4.78 is 10.9. The zero-order valence-electron chi connectivity index (χ0n) is 16.8. The van der Waals surface area contributed by atoms with Gasteiger partial charge in [-0.2, -0.15) is 0 Å². The van der Waals surface area contributed by atoms with Gasteiger partial charge in [0.1, 0.15) is 11.8 Å². The molecule has 0 spiro atoms. The second-order valence-corrected chi connectivity index (χ2v) is 7.37. The van der Waals surface area contributed by atoms with Crippen LogP contribution in [0, 0.1) is 0 Å². The fourth-order valence-corrected chi connectivity index (χ4v) is 4.66. The average molecular weight is 402 g/mol. The van der Waals surface area contributed by atoms with Crippen LogP contribution in [0.3, 0.4) is 0 Å². The lowest BCUT2D eigenvalue weighted by atomic mass is 9.77. The first-order valence-electron chi connectivity index (χ1n) is 10.2. The summed E-state index contributed by atoms with van der Waals surface area (Å²) >= 11 is 0. The third-order valence-corrected chi connectivity index (χ3v) is 5.75. The maximum absolute atomic E-state index is 13.2. The highest BCUT2D eigenvalue weighted by atomic mass is 16.5. The molecule has 2 unspecified atom stereocenters. The summed E-state index contributed by atoms with van der Waals surface area (Å²) in [6.07, 6.45) is 0. The normalized spacial score (nSPS) is 17.5. The van der Waals surface area contributed by atoms with Crippen molar-refractivity contribution in [2.75, 3.05) is 13.2 Å². The molecule has 0 bridgehead atoms. The lowest BCUT2D eigenvalue weighted by Gasteiger charge is -2.27. The van der Waals surface area contributed by atoms with Gasteiger partial charge in [0, 0.05) is 44.3 Å². The molecule has 30 heavy (non-hydrogen) atoms. The number of carbonyl (C=O) groups excluding carboxylic acids is 2. The fourth-order valence-electron chi connectivity index (χ4n) is 4.66. The van der Waals surface area contributed by atoms with E-state index in [4.69, 9.17) is 9.47 Å². The monoisotopic (exact) mass is 402 g/mol. The number of hydrogen-bond donors (Lipinski definition) is 2. The van der Waals surface area contributed by atoms with Crippen LogP contribution < -0.4 is 0 Å². The summed E-state index contributed by atoms with van der Waals surface area (Å²) in [6.45, 7) is 4.16. The summed E-state index contributed by atoms with van der Waals surface area (Å²) in [5, 5.41) is 1.81. The first kappa shape index (κ1) is 18.5. The second-order valence-electron chi connectivity index (χ2n) is 7.37. The van der Waals surface area contributed by atoms with E-state index < -0.39 is 11.8 Å². The van der Waals surface area contributed by atoms with Crippen molar-refractivity contribution in [2.45, 2.75) is 25.7 Å². The van der Waals surface area contributed by atoms with Crippen LogP contribution in [0.4, 0.5) is 0 Å². The highest BCUT2D eigenvalue weighted by molar-refractivity contribution is 6.02. The standard InChI is InChI=1S/C24H22N2O4/c1-3-29-23(27)19-17-13-9-5-7-11-15(13)26-22(17)20(24(28)30-4-2)18-14-10-6-8-12-16(14)25-21(18)19/h5-12,19-20,25-26H,3-4H2,1-2H3. The van der Waals surface area contributed by atoms with Gasteiger partial charge in [-0.05, 0) is 26.0 Å². The summed E-state index contributed by atoms with van der Waals surface area (Å²) in [5.74, 6) is -1.97. The van der Waals surface area contributed by atoms with Gasteiger partial charge >= 0.3 is 11.9 Å². The summed E-state index contributed by atoms with van der Waals surface area (Å²) in [6, 6.07) is 15.5. The van der Waals surface area contributed by atoms with Crippen LogP contribution in [0.1, 0.15) is 48.2 Å². The molecule has 0 amide bonds. The minimum atomic E-state index is -0.649. The van der Waals surface area contributed by atoms with Crippen LogP contribution in [0.25, 0.3) is 21.8 Å². The largest absolute Gasteiger partial charge is 0.465 e. The van der Waals surface area contributed by atoms with Gasteiger partial charge in [0.25, 0.3) is 0 Å². The molecule has 2 aromatic carbocycles. The third-order valence-electron chi connectivity index (χ3n) is 5.75. The number of esters is 2. The lowest BCUT2D eigenvalue weighted by Crippen LogP contribution is -2.29. The first-order chi connectivity index (χ1) is 14.7. The number of H-pyrrole nitrogens is 2. The molecule has 0 aliphatic heterocycles. The van der Waals surface area contributed by atoms with Crippen molar-refractivity contribution >= 4 is 33.7 Å². The Labute approximate surface area is 173 Å². The van der Waals surface area contributed by atoms with E-state index in [9.17, 15) is 9.59 Å². The molecule has 1 aliphatic carbocycles. The van der Waals surface area contributed by atoms with Crippen LogP contribution in [-0.2, 0) is 19.1 Å². The topological polar surface area (TPSA) is 84.2 Å². The average Bonchev–Trinajstić information content (AvgIpc) is 3.31. The van der Waals surface area contributed by atoms with Crippen molar-refractivity contribution in [2.24, 2.45) is 0 Å². The molecule has 152 valence electrons. The fraction of sp³-hybridized carbons (Fsp3) is 0.250. The highest BCUT2D eigenvalue weighted by Gasteiger charge is 2.45. The lowest BCUT2D eigenvalue weighted by molar-refractivity contribution is -0.146. The van der Waals surface area contributed by atoms with Crippen LogP contribution in [0.2, 0.25) is 0 Å². The maximum atomic E-state index is 13.2. The summed E-state index contributed by atoms with van der Waals surface area (Å²) in [7, 11) is 0. The van der Waals surface area contributed by atoms with E-state index in [0.29, 0.717) is 11.4 Å². The van der Waals surface area contributed by atoms with Gasteiger partial charge in [0.2, 0.25) is 0 Å². The van der Waals surface area contributed by atoms with Crippen LogP contribution in [0.5, 0.6) is 0 Å². The van der Waals surface area contributed by atoms with Gasteiger partial charge in [-0.1, -0.05) is 36.4 Å². The van der Waals surface area contributed by atoms with E-state index in [2.05, 4.69) is 9.97 Å². The number of benzene rings is 2. The van der Waals surface area contributed by atoms with Gasteiger partial charge < -0.3 is 19.4 Å². The zero-order chi connectivity index (χ0) is 20.8. The highest BCUT2D eigenvalue weighted by Crippen LogP contribution is 2.49. The van der Waals surface area contributed by atoms with Crippen molar-refractivity contribution in [1.29, 1.82) is 0 Å². The number of para-hydroxylation sites is 2. The number of ether oxygens (including phenoxy) is 2. The van der Waals surface area contributed by atoms with Crippen molar-refractivity contribution in [1.82, 2.24) is 9.97 Å². The minimum absolute atomic E-state index is 0.282. The molecule has 4 aromatic rings. The molecule has 5 rings (SSSR count). The number of fused-ring (bicyclic) bond motifs is 6. The van der Waals surface area contributed by atoms with Crippen LogP contribution in [-0.4, -0.2) is 35.1 Å².